The summed E-state index contributed by atoms with van der Waals surface area (Å²) < 4.78 is 7.18. The first-order valence-electron chi connectivity index (χ1n) is 7.00. The number of benzene rings is 1. The normalized spacial score (nSPS) is 11.3. The van der Waals surface area contributed by atoms with Gasteiger partial charge in [-0.3, -0.25) is 9.36 Å². The fraction of sp³-hybridized carbons (Fsp3) is 0.375. The van der Waals surface area contributed by atoms with Crippen molar-refractivity contribution in [1.29, 1.82) is 0 Å². The van der Waals surface area contributed by atoms with Crippen LogP contribution in [0.1, 0.15) is 20.8 Å². The Kier molecular flexibility index (Phi) is 5.13. The SMILES string of the molecule is COc1cccc(-n2ccnc2SCC(=O)NC(C)(C)C)c1. The molecule has 5 nitrogen and oxygen atoms in total. The van der Waals surface area contributed by atoms with Crippen LogP contribution in [-0.2, 0) is 4.79 Å². The number of thioether (sulfide) groups is 1. The Balaban J connectivity index is 2.08. The molecular weight excluding hydrogens is 298 g/mol. The molecule has 2 aromatic rings. The molecule has 6 heteroatoms. The van der Waals surface area contributed by atoms with Gasteiger partial charge in [0.1, 0.15) is 5.75 Å². The van der Waals surface area contributed by atoms with Gasteiger partial charge in [-0.1, -0.05) is 17.8 Å². The van der Waals surface area contributed by atoms with Gasteiger partial charge in [0.05, 0.1) is 18.6 Å². The van der Waals surface area contributed by atoms with E-state index in [1.807, 2.05) is 55.8 Å². The highest BCUT2D eigenvalue weighted by Crippen LogP contribution is 2.23. The molecule has 0 fully saturated rings. The van der Waals surface area contributed by atoms with Gasteiger partial charge in [-0.25, -0.2) is 4.98 Å². The van der Waals surface area contributed by atoms with Gasteiger partial charge in [-0.15, -0.1) is 0 Å². The van der Waals surface area contributed by atoms with Gasteiger partial charge in [0.2, 0.25) is 5.91 Å². The predicted octanol–water partition coefficient (Wildman–Crippen LogP) is 2.89. The Bertz CT molecular complexity index is 647. The molecule has 1 aromatic carbocycles. The molecule has 1 N–H and O–H groups in total. The van der Waals surface area contributed by atoms with Crippen LogP contribution in [0.3, 0.4) is 0 Å². The van der Waals surface area contributed by atoms with E-state index in [2.05, 4.69) is 10.3 Å². The molecule has 1 amide bonds. The maximum absolute atomic E-state index is 11.9. The standard InChI is InChI=1S/C16H21N3O2S/c1-16(2,3)18-14(20)11-22-15-17-8-9-19(15)12-6-5-7-13(10-12)21-4/h5-10H,11H2,1-4H3,(H,18,20). The predicted molar refractivity (Wildman–Crippen MR) is 88.7 cm³/mol. The maximum Gasteiger partial charge on any atom is 0.230 e. The Morgan fingerprint density at radius 2 is 2.18 bits per heavy atom. The van der Waals surface area contributed by atoms with Crippen molar-refractivity contribution in [2.24, 2.45) is 0 Å². The molecule has 0 aliphatic heterocycles. The molecule has 0 aliphatic rings. The molecule has 0 atom stereocenters. The van der Waals surface area contributed by atoms with Crippen LogP contribution in [0, 0.1) is 0 Å². The number of nitrogens with zero attached hydrogens (tertiary/aromatic N) is 2. The van der Waals surface area contributed by atoms with Crippen LogP contribution < -0.4 is 10.1 Å². The van der Waals surface area contributed by atoms with Crippen LogP contribution in [0.5, 0.6) is 5.75 Å². The minimum absolute atomic E-state index is 0.00214. The minimum atomic E-state index is -0.222. The van der Waals surface area contributed by atoms with Crippen LogP contribution in [0.4, 0.5) is 0 Å². The number of imidazole rings is 1. The number of amides is 1. The van der Waals surface area contributed by atoms with E-state index in [0.29, 0.717) is 5.75 Å². The number of aromatic nitrogens is 2. The molecule has 0 aliphatic carbocycles. The van der Waals surface area contributed by atoms with Crippen molar-refractivity contribution in [3.05, 3.63) is 36.7 Å². The van der Waals surface area contributed by atoms with Crippen molar-refractivity contribution in [2.75, 3.05) is 12.9 Å². The first-order chi connectivity index (χ1) is 10.4. The van der Waals surface area contributed by atoms with Gasteiger partial charge in [0.15, 0.2) is 5.16 Å². The molecule has 22 heavy (non-hydrogen) atoms. The number of hydrogen-bond donors (Lipinski definition) is 1. The average molecular weight is 319 g/mol. The molecule has 2 rings (SSSR count). The van der Waals surface area contributed by atoms with E-state index < -0.39 is 0 Å². The number of rotatable bonds is 5. The maximum atomic E-state index is 11.9. The lowest BCUT2D eigenvalue weighted by molar-refractivity contribution is -0.119. The second-order valence-electron chi connectivity index (χ2n) is 5.87. The third kappa shape index (κ3) is 4.53. The third-order valence-corrected chi connectivity index (χ3v) is 3.75. The van der Waals surface area contributed by atoms with Crippen molar-refractivity contribution >= 4 is 17.7 Å². The van der Waals surface area contributed by atoms with Gasteiger partial charge < -0.3 is 10.1 Å². The van der Waals surface area contributed by atoms with E-state index >= 15 is 0 Å². The van der Waals surface area contributed by atoms with Gasteiger partial charge >= 0.3 is 0 Å². The van der Waals surface area contributed by atoms with Crippen molar-refractivity contribution in [3.8, 4) is 11.4 Å². The lowest BCUT2D eigenvalue weighted by atomic mass is 10.1. The Morgan fingerprint density at radius 1 is 1.41 bits per heavy atom. The van der Waals surface area contributed by atoms with Gasteiger partial charge in [0.25, 0.3) is 0 Å². The molecule has 118 valence electrons. The summed E-state index contributed by atoms with van der Waals surface area (Å²) in [6, 6.07) is 7.73. The van der Waals surface area contributed by atoms with Crippen molar-refractivity contribution < 1.29 is 9.53 Å². The molecule has 0 bridgehead atoms. The Hall–Kier alpha value is -1.95. The largest absolute Gasteiger partial charge is 0.497 e. The summed E-state index contributed by atoms with van der Waals surface area (Å²) in [5.74, 6) is 1.11. The van der Waals surface area contributed by atoms with E-state index in [1.54, 1.807) is 13.3 Å². The summed E-state index contributed by atoms with van der Waals surface area (Å²) >= 11 is 1.41. The summed E-state index contributed by atoms with van der Waals surface area (Å²) in [5.41, 5.74) is 0.732. The third-order valence-electron chi connectivity index (χ3n) is 2.79. The molecular formula is C16H21N3O2S. The highest BCUT2D eigenvalue weighted by molar-refractivity contribution is 7.99. The van der Waals surface area contributed by atoms with Crippen molar-refractivity contribution in [2.45, 2.75) is 31.5 Å². The molecule has 0 unspecified atom stereocenters. The molecule has 1 heterocycles. The first-order valence-corrected chi connectivity index (χ1v) is 7.99. The summed E-state index contributed by atoms with van der Waals surface area (Å²) in [7, 11) is 1.64. The number of ether oxygens (including phenoxy) is 1. The van der Waals surface area contributed by atoms with E-state index in [1.165, 1.54) is 11.8 Å². The van der Waals surface area contributed by atoms with Crippen LogP contribution in [0.2, 0.25) is 0 Å². The molecule has 0 saturated carbocycles. The van der Waals surface area contributed by atoms with Crippen LogP contribution in [-0.4, -0.2) is 33.9 Å². The zero-order chi connectivity index (χ0) is 16.2. The zero-order valence-electron chi connectivity index (χ0n) is 13.3. The number of methoxy groups -OCH3 is 1. The van der Waals surface area contributed by atoms with E-state index in [9.17, 15) is 4.79 Å². The minimum Gasteiger partial charge on any atom is -0.497 e. The molecule has 1 aromatic heterocycles. The van der Waals surface area contributed by atoms with Crippen LogP contribution in [0.15, 0.2) is 41.8 Å². The fourth-order valence-electron chi connectivity index (χ4n) is 1.94. The smallest absolute Gasteiger partial charge is 0.230 e. The topological polar surface area (TPSA) is 56.2 Å². The summed E-state index contributed by atoms with van der Waals surface area (Å²) in [6.45, 7) is 5.90. The molecule has 0 radical (unpaired) electrons. The van der Waals surface area contributed by atoms with E-state index in [-0.39, 0.29) is 11.4 Å². The summed E-state index contributed by atoms with van der Waals surface area (Å²) in [5, 5.41) is 3.72. The lowest BCUT2D eigenvalue weighted by Gasteiger charge is -2.20. The average Bonchev–Trinajstić information content (AvgIpc) is 2.92. The second kappa shape index (κ2) is 6.87. The monoisotopic (exact) mass is 319 g/mol. The van der Waals surface area contributed by atoms with Gasteiger partial charge in [-0.2, -0.15) is 0 Å². The lowest BCUT2D eigenvalue weighted by Crippen LogP contribution is -2.41. The van der Waals surface area contributed by atoms with Crippen LogP contribution in [0.25, 0.3) is 5.69 Å². The van der Waals surface area contributed by atoms with Gasteiger partial charge in [0, 0.05) is 24.0 Å². The van der Waals surface area contributed by atoms with Crippen molar-refractivity contribution in [3.63, 3.8) is 0 Å². The second-order valence-corrected chi connectivity index (χ2v) is 6.81. The first kappa shape index (κ1) is 16.4. The highest BCUT2D eigenvalue weighted by atomic mass is 32.2. The Labute approximate surface area is 135 Å². The van der Waals surface area contributed by atoms with Crippen molar-refractivity contribution in [1.82, 2.24) is 14.9 Å². The molecule has 0 saturated heterocycles. The number of carbonyl (C=O) groups is 1. The van der Waals surface area contributed by atoms with Gasteiger partial charge in [-0.05, 0) is 32.9 Å². The van der Waals surface area contributed by atoms with Crippen LogP contribution >= 0.6 is 11.8 Å². The summed E-state index contributed by atoms with van der Waals surface area (Å²) in [6.07, 6.45) is 3.60. The molecule has 0 spiro atoms. The fourth-order valence-corrected chi connectivity index (χ4v) is 2.71. The highest BCUT2D eigenvalue weighted by Gasteiger charge is 2.15. The number of nitrogens with one attached hydrogen (secondary N) is 1. The number of carbonyl (C=O) groups excluding carboxylic acids is 1. The van der Waals surface area contributed by atoms with E-state index in [4.69, 9.17) is 4.74 Å². The summed E-state index contributed by atoms with van der Waals surface area (Å²) in [4.78, 5) is 16.2. The number of hydrogen-bond acceptors (Lipinski definition) is 4. The van der Waals surface area contributed by atoms with E-state index in [0.717, 1.165) is 16.6 Å². The Morgan fingerprint density at radius 3 is 2.86 bits per heavy atom. The zero-order valence-corrected chi connectivity index (χ0v) is 14.1. The quantitative estimate of drug-likeness (QED) is 0.861.